The molecule has 0 bridgehead atoms. The summed E-state index contributed by atoms with van der Waals surface area (Å²) < 4.78 is 30.9. The largest absolute Gasteiger partial charge is 0.480 e. The lowest BCUT2D eigenvalue weighted by Crippen LogP contribution is -2.41. The zero-order chi connectivity index (χ0) is 32.0. The van der Waals surface area contributed by atoms with E-state index in [1.807, 2.05) is 0 Å². The number of benzene rings is 3. The number of fused-ring (bicyclic) bond motifs is 1. The molecule has 3 aromatic carbocycles. The first-order valence-electron chi connectivity index (χ1n) is 14.3. The number of nitrogens with zero attached hydrogens (tertiary/aromatic N) is 4. The highest BCUT2D eigenvalue weighted by atomic mass is 16.7. The normalized spacial score (nSPS) is 18.9. The molecule has 6 rings (SSSR count). The van der Waals surface area contributed by atoms with Gasteiger partial charge in [-0.15, -0.1) is 0 Å². The van der Waals surface area contributed by atoms with Crippen LogP contribution in [0.1, 0.15) is 43.0 Å². The van der Waals surface area contributed by atoms with Crippen molar-refractivity contribution in [2.24, 2.45) is 0 Å². The Morgan fingerprint density at radius 1 is 0.804 bits per heavy atom. The standard InChI is InChI=1S/C34H28N4O8/c1-3-24-26-29(35-20-36-30(26)42-2)38(37-24)31-28(46-34(41)23-17-11-6-12-18-23)27(45-33(40)22-15-9-5-10-16-22)25(44-31)19-43-32(39)21-13-7-4-8-14-21/h3-18,20,25,27-28,31H,1,19H2,2H3/t25-,27-,28-,31-/m1/s1. The van der Waals surface area contributed by atoms with Crippen LogP contribution in [0.2, 0.25) is 0 Å². The number of aromatic nitrogens is 4. The minimum Gasteiger partial charge on any atom is -0.480 e. The SMILES string of the molecule is C=Cc1nn([C@@H]2O[C@H](COC(=O)c3ccccc3)[C@@H](OC(=O)c3ccccc3)[C@H]2OC(=O)c2ccccc2)c2ncnc(OC)c12. The third kappa shape index (κ3) is 6.06. The number of ether oxygens (including phenoxy) is 5. The van der Waals surface area contributed by atoms with Crippen molar-refractivity contribution in [3.05, 3.63) is 126 Å². The lowest BCUT2D eigenvalue weighted by Gasteiger charge is -2.24. The maximum Gasteiger partial charge on any atom is 0.338 e. The van der Waals surface area contributed by atoms with Crippen LogP contribution in [0.3, 0.4) is 0 Å². The Labute approximate surface area is 263 Å². The summed E-state index contributed by atoms with van der Waals surface area (Å²) in [5.74, 6) is -1.78. The molecule has 0 saturated carbocycles. The quantitative estimate of drug-likeness (QED) is 0.159. The zero-order valence-corrected chi connectivity index (χ0v) is 24.6. The maximum absolute atomic E-state index is 13.5. The molecule has 1 saturated heterocycles. The van der Waals surface area contributed by atoms with E-state index in [1.54, 1.807) is 91.0 Å². The summed E-state index contributed by atoms with van der Waals surface area (Å²) in [6.45, 7) is 3.50. The molecule has 4 atom stereocenters. The van der Waals surface area contributed by atoms with Crippen molar-refractivity contribution < 1.29 is 38.1 Å². The van der Waals surface area contributed by atoms with Gasteiger partial charge in [0.25, 0.3) is 0 Å². The Balaban J connectivity index is 1.42. The molecule has 3 heterocycles. The number of esters is 3. The number of carbonyl (C=O) groups excluding carboxylic acids is 3. The van der Waals surface area contributed by atoms with Gasteiger partial charge in [-0.05, 0) is 42.5 Å². The van der Waals surface area contributed by atoms with Crippen molar-refractivity contribution in [1.82, 2.24) is 19.7 Å². The van der Waals surface area contributed by atoms with Crippen molar-refractivity contribution in [1.29, 1.82) is 0 Å². The number of hydrogen-bond acceptors (Lipinski definition) is 11. The van der Waals surface area contributed by atoms with Gasteiger partial charge >= 0.3 is 17.9 Å². The molecule has 12 heteroatoms. The predicted molar refractivity (Wildman–Crippen MR) is 164 cm³/mol. The second-order valence-electron chi connectivity index (χ2n) is 10.1. The van der Waals surface area contributed by atoms with E-state index < -0.39 is 42.4 Å². The Bertz CT molecular complexity index is 1860. The van der Waals surface area contributed by atoms with Crippen LogP contribution >= 0.6 is 0 Å². The molecule has 5 aromatic rings. The van der Waals surface area contributed by atoms with Crippen LogP contribution in [0.5, 0.6) is 5.88 Å². The van der Waals surface area contributed by atoms with E-state index in [0.717, 1.165) is 0 Å². The van der Waals surface area contributed by atoms with E-state index >= 15 is 0 Å². The fourth-order valence-electron chi connectivity index (χ4n) is 5.10. The molecule has 0 amide bonds. The van der Waals surface area contributed by atoms with Gasteiger partial charge in [0.1, 0.15) is 24.4 Å². The number of hydrogen-bond donors (Lipinski definition) is 0. The van der Waals surface area contributed by atoms with Crippen molar-refractivity contribution >= 4 is 35.0 Å². The molecule has 0 radical (unpaired) electrons. The van der Waals surface area contributed by atoms with Gasteiger partial charge in [0.2, 0.25) is 5.88 Å². The van der Waals surface area contributed by atoms with Crippen LogP contribution in [0.25, 0.3) is 17.1 Å². The minimum absolute atomic E-state index is 0.238. The van der Waals surface area contributed by atoms with Crippen molar-refractivity contribution in [2.75, 3.05) is 13.7 Å². The zero-order valence-electron chi connectivity index (χ0n) is 24.6. The van der Waals surface area contributed by atoms with Gasteiger partial charge in [-0.1, -0.05) is 61.2 Å². The van der Waals surface area contributed by atoms with Crippen molar-refractivity contribution in [2.45, 2.75) is 24.5 Å². The third-order valence-corrected chi connectivity index (χ3v) is 7.29. The summed E-state index contributed by atoms with van der Waals surface area (Å²) in [7, 11) is 1.46. The molecule has 232 valence electrons. The highest BCUT2D eigenvalue weighted by Gasteiger charge is 2.52. The molecule has 1 aliphatic heterocycles. The highest BCUT2D eigenvalue weighted by molar-refractivity contribution is 5.91. The number of methoxy groups -OCH3 is 1. The predicted octanol–water partition coefficient (Wildman–Crippen LogP) is 4.68. The Morgan fingerprint density at radius 2 is 1.35 bits per heavy atom. The molecular formula is C34H28N4O8. The monoisotopic (exact) mass is 620 g/mol. The summed E-state index contributed by atoms with van der Waals surface area (Å²) >= 11 is 0. The third-order valence-electron chi connectivity index (χ3n) is 7.29. The molecule has 1 fully saturated rings. The fourth-order valence-corrected chi connectivity index (χ4v) is 5.10. The van der Waals surface area contributed by atoms with E-state index in [4.69, 9.17) is 23.7 Å². The lowest BCUT2D eigenvalue weighted by molar-refractivity contribution is -0.0654. The molecule has 2 aromatic heterocycles. The second kappa shape index (κ2) is 13.4. The van der Waals surface area contributed by atoms with Gasteiger partial charge in [-0.2, -0.15) is 5.10 Å². The summed E-state index contributed by atoms with van der Waals surface area (Å²) in [5.41, 5.74) is 1.49. The summed E-state index contributed by atoms with van der Waals surface area (Å²) in [5, 5.41) is 5.07. The van der Waals surface area contributed by atoms with Crippen molar-refractivity contribution in [3.63, 3.8) is 0 Å². The second-order valence-corrected chi connectivity index (χ2v) is 10.1. The molecule has 0 unspecified atom stereocenters. The summed E-state index contributed by atoms with van der Waals surface area (Å²) in [6.07, 6.45) is -2.02. The average Bonchev–Trinajstić information content (AvgIpc) is 3.65. The van der Waals surface area contributed by atoms with Crippen LogP contribution in [0, 0.1) is 0 Å². The number of rotatable bonds is 10. The average molecular weight is 621 g/mol. The first-order valence-corrected chi connectivity index (χ1v) is 14.3. The topological polar surface area (TPSA) is 141 Å². The van der Waals surface area contributed by atoms with E-state index in [0.29, 0.717) is 16.6 Å². The maximum atomic E-state index is 13.5. The van der Waals surface area contributed by atoms with E-state index in [1.165, 1.54) is 24.2 Å². The van der Waals surface area contributed by atoms with Gasteiger partial charge in [0.05, 0.1) is 29.5 Å². The molecule has 0 spiro atoms. The summed E-state index contributed by atoms with van der Waals surface area (Å²) in [6, 6.07) is 25.1. The molecule has 1 aliphatic rings. The van der Waals surface area contributed by atoms with Gasteiger partial charge in [-0.25, -0.2) is 29.0 Å². The molecule has 0 aliphatic carbocycles. The van der Waals surface area contributed by atoms with Gasteiger partial charge in [-0.3, -0.25) is 0 Å². The Kier molecular flexibility index (Phi) is 8.79. The van der Waals surface area contributed by atoms with Crippen LogP contribution < -0.4 is 4.74 Å². The highest BCUT2D eigenvalue weighted by Crippen LogP contribution is 2.38. The fraction of sp³-hybridized carbons (Fsp3) is 0.176. The van der Waals surface area contributed by atoms with E-state index in [2.05, 4.69) is 21.6 Å². The molecule has 12 nitrogen and oxygen atoms in total. The van der Waals surface area contributed by atoms with Crippen LogP contribution in [-0.4, -0.2) is 69.7 Å². The lowest BCUT2D eigenvalue weighted by atomic mass is 10.1. The van der Waals surface area contributed by atoms with Gasteiger partial charge in [0, 0.05) is 0 Å². The smallest absolute Gasteiger partial charge is 0.338 e. The van der Waals surface area contributed by atoms with E-state index in [9.17, 15) is 14.4 Å². The number of carbonyl (C=O) groups is 3. The molecular weight excluding hydrogens is 592 g/mol. The Hall–Kier alpha value is -5.88. The van der Waals surface area contributed by atoms with Crippen LogP contribution in [-0.2, 0) is 18.9 Å². The molecule has 46 heavy (non-hydrogen) atoms. The van der Waals surface area contributed by atoms with Crippen LogP contribution in [0.4, 0.5) is 0 Å². The summed E-state index contributed by atoms with van der Waals surface area (Å²) in [4.78, 5) is 48.3. The minimum atomic E-state index is -1.28. The van der Waals surface area contributed by atoms with Gasteiger partial charge in [0.15, 0.2) is 24.1 Å². The molecule has 0 N–H and O–H groups in total. The first kappa shape index (κ1) is 30.2. The first-order chi connectivity index (χ1) is 22.5. The van der Waals surface area contributed by atoms with E-state index in [-0.39, 0.29) is 29.3 Å². The van der Waals surface area contributed by atoms with Gasteiger partial charge < -0.3 is 23.7 Å². The van der Waals surface area contributed by atoms with Crippen molar-refractivity contribution in [3.8, 4) is 5.88 Å². The van der Waals surface area contributed by atoms with Crippen LogP contribution in [0.15, 0.2) is 104 Å². The Morgan fingerprint density at radius 3 is 1.89 bits per heavy atom.